The van der Waals surface area contributed by atoms with Gasteiger partial charge in [-0.25, -0.2) is 0 Å². The average molecular weight is 1080 g/mol. The lowest BCUT2D eigenvalue weighted by molar-refractivity contribution is 0.404. The zero-order valence-corrected chi connectivity index (χ0v) is 54.9. The quantitative estimate of drug-likeness (QED) is 0.0421. The number of hydrogen-bond donors (Lipinski definition) is 0. The van der Waals surface area contributed by atoms with Crippen LogP contribution in [0.3, 0.4) is 0 Å². The maximum absolute atomic E-state index is 2.62. The Balaban J connectivity index is 4.00. The normalized spacial score (nSPS) is 12.3. The lowest BCUT2D eigenvalue weighted by Gasteiger charge is -2.15. The van der Waals surface area contributed by atoms with Crippen LogP contribution < -0.4 is 0 Å². The molecule has 0 heterocycles. The third-order valence-corrected chi connectivity index (χ3v) is 18.5. The van der Waals surface area contributed by atoms with Gasteiger partial charge in [0.25, 0.3) is 0 Å². The monoisotopic (exact) mass is 1080 g/mol. The molecular formula is C77H154. The summed E-state index contributed by atoms with van der Waals surface area (Å²) in [6, 6.07) is 0. The van der Waals surface area contributed by atoms with Crippen LogP contribution in [0.25, 0.3) is 0 Å². The van der Waals surface area contributed by atoms with E-state index in [4.69, 9.17) is 0 Å². The van der Waals surface area contributed by atoms with E-state index in [1.165, 1.54) is 456 Å². The molecule has 0 aromatic heterocycles. The Hall–Kier alpha value is -0.260. The highest BCUT2D eigenvalue weighted by molar-refractivity contribution is 4.84. The van der Waals surface area contributed by atoms with Crippen molar-refractivity contribution in [1.29, 1.82) is 0 Å². The number of hydrogen-bond acceptors (Lipinski definition) is 0. The Bertz CT molecular complexity index is 992. The van der Waals surface area contributed by atoms with Crippen molar-refractivity contribution in [1.82, 2.24) is 0 Å². The number of allylic oxidation sites excluding steroid dienone is 2. The van der Waals surface area contributed by atoms with Crippen molar-refractivity contribution in [3.8, 4) is 0 Å². The summed E-state index contributed by atoms with van der Waals surface area (Å²) in [5.41, 5.74) is 0. The molecule has 77 heavy (non-hydrogen) atoms. The zero-order chi connectivity index (χ0) is 55.2. The van der Waals surface area contributed by atoms with Crippen LogP contribution in [0.4, 0.5) is 0 Å². The third-order valence-electron chi connectivity index (χ3n) is 18.5. The molecule has 0 spiro atoms. The smallest absolute Gasteiger partial charge is 0.0322 e. The summed E-state index contributed by atoms with van der Waals surface area (Å²) in [5.74, 6) is 0.941. The van der Waals surface area contributed by atoms with Gasteiger partial charge >= 0.3 is 0 Å². The molecule has 0 aliphatic carbocycles. The van der Waals surface area contributed by atoms with Crippen molar-refractivity contribution in [2.45, 2.75) is 477 Å². The Morgan fingerprint density at radius 3 is 0.468 bits per heavy atom. The minimum absolute atomic E-state index is 0.941. The van der Waals surface area contributed by atoms with Crippen LogP contribution >= 0.6 is 0 Å². The maximum atomic E-state index is 2.62. The Kier molecular flexibility index (Phi) is 73.5. The predicted octanol–water partition coefficient (Wildman–Crippen LogP) is 29.9. The van der Waals surface area contributed by atoms with Crippen LogP contribution in [-0.2, 0) is 0 Å². The minimum Gasteiger partial charge on any atom is -0.0885 e. The Labute approximate surface area is 492 Å². The van der Waals surface area contributed by atoms with Crippen LogP contribution in [0.1, 0.15) is 477 Å². The van der Waals surface area contributed by atoms with Gasteiger partial charge in [0, 0.05) is 0 Å². The van der Waals surface area contributed by atoms with Crippen LogP contribution in [0.2, 0.25) is 0 Å². The topological polar surface area (TPSA) is 0 Å². The van der Waals surface area contributed by atoms with Gasteiger partial charge in [-0.15, -0.1) is 0 Å². The van der Waals surface area contributed by atoms with Gasteiger partial charge in [-0.1, -0.05) is 470 Å². The first-order chi connectivity index (χ1) is 38.3. The molecule has 0 aromatic carbocycles. The summed E-state index contributed by atoms with van der Waals surface area (Å²) >= 11 is 0. The Morgan fingerprint density at radius 1 is 0.156 bits per heavy atom. The number of unbranched alkanes of at least 4 members (excludes halogenated alkanes) is 65. The molecule has 0 radical (unpaired) electrons. The first-order valence-corrected chi connectivity index (χ1v) is 38.0. The standard InChI is InChI=1S/C77H154/c1-4-7-10-13-16-19-22-25-28-31-34-37-38-39-40-41-42-43-44-46-49-52-55-58-61-64-67-70-73-76-77(74-71-68-65-62-59-56-53-50-47-36-33-30-27-24-21-18-15-12-9-6-3)75-72-69-66-63-60-57-54-51-48-45-35-32-29-26-23-20-17-14-11-8-5-2/h70,73,77H,4-69,71-72,74-76H2,1-3H3/b73-70+. The van der Waals surface area contributed by atoms with Crippen LogP contribution in [0.5, 0.6) is 0 Å². The van der Waals surface area contributed by atoms with Crippen molar-refractivity contribution in [2.75, 3.05) is 0 Å². The van der Waals surface area contributed by atoms with E-state index in [1.54, 1.807) is 0 Å². The fourth-order valence-corrected chi connectivity index (χ4v) is 12.9. The highest BCUT2D eigenvalue weighted by Gasteiger charge is 2.08. The molecule has 0 nitrogen and oxygen atoms in total. The van der Waals surface area contributed by atoms with Crippen LogP contribution in [-0.4, -0.2) is 0 Å². The number of rotatable bonds is 72. The highest BCUT2D eigenvalue weighted by atomic mass is 14.1. The molecule has 1 atom stereocenters. The molecule has 0 N–H and O–H groups in total. The van der Waals surface area contributed by atoms with Crippen LogP contribution in [0, 0.1) is 5.92 Å². The maximum Gasteiger partial charge on any atom is -0.0322 e. The van der Waals surface area contributed by atoms with E-state index < -0.39 is 0 Å². The summed E-state index contributed by atoms with van der Waals surface area (Å²) in [6.45, 7) is 6.96. The van der Waals surface area contributed by atoms with Gasteiger partial charge in [-0.2, -0.15) is 0 Å². The van der Waals surface area contributed by atoms with E-state index in [0.717, 1.165) is 5.92 Å². The molecule has 0 aromatic rings. The molecule has 0 aliphatic rings. The lowest BCUT2D eigenvalue weighted by atomic mass is 9.91. The van der Waals surface area contributed by atoms with Gasteiger partial charge in [0.15, 0.2) is 0 Å². The van der Waals surface area contributed by atoms with Crippen molar-refractivity contribution < 1.29 is 0 Å². The fourth-order valence-electron chi connectivity index (χ4n) is 12.9. The second-order valence-corrected chi connectivity index (χ2v) is 26.6. The zero-order valence-electron chi connectivity index (χ0n) is 54.9. The van der Waals surface area contributed by atoms with Crippen molar-refractivity contribution in [3.63, 3.8) is 0 Å². The van der Waals surface area contributed by atoms with Crippen molar-refractivity contribution >= 4 is 0 Å². The average Bonchev–Trinajstić information content (AvgIpc) is 3.44. The largest absolute Gasteiger partial charge is 0.0885 e. The second kappa shape index (κ2) is 73.8. The van der Waals surface area contributed by atoms with Gasteiger partial charge in [0.2, 0.25) is 0 Å². The molecule has 462 valence electrons. The van der Waals surface area contributed by atoms with E-state index in [9.17, 15) is 0 Å². The van der Waals surface area contributed by atoms with Crippen LogP contribution in [0.15, 0.2) is 12.2 Å². The van der Waals surface area contributed by atoms with Crippen molar-refractivity contribution in [3.05, 3.63) is 12.2 Å². The Morgan fingerprint density at radius 2 is 0.299 bits per heavy atom. The SMILES string of the molecule is CCCCCCCCCCCCCCCCCCCCCCCCCCCC/C=C/CC(CCCCCCCCCCCCCCCCCCCCCC)CCCCCCCCCCCCCCCCCCCCCCC. The summed E-state index contributed by atoms with van der Waals surface area (Å²) in [4.78, 5) is 0. The highest BCUT2D eigenvalue weighted by Crippen LogP contribution is 2.25. The predicted molar refractivity (Wildman–Crippen MR) is 357 cm³/mol. The summed E-state index contributed by atoms with van der Waals surface area (Å²) in [7, 11) is 0. The molecule has 0 heteroatoms. The van der Waals surface area contributed by atoms with E-state index in [0.29, 0.717) is 0 Å². The first-order valence-electron chi connectivity index (χ1n) is 38.0. The molecule has 0 aliphatic heterocycles. The summed E-state index contributed by atoms with van der Waals surface area (Å²) < 4.78 is 0. The van der Waals surface area contributed by atoms with E-state index >= 15 is 0 Å². The molecule has 0 rings (SSSR count). The second-order valence-electron chi connectivity index (χ2n) is 26.6. The van der Waals surface area contributed by atoms with Gasteiger partial charge in [-0.3, -0.25) is 0 Å². The van der Waals surface area contributed by atoms with E-state index in [2.05, 4.69) is 32.9 Å². The molecule has 0 saturated carbocycles. The van der Waals surface area contributed by atoms with Gasteiger partial charge in [0.05, 0.1) is 0 Å². The summed E-state index contributed by atoms with van der Waals surface area (Å²) in [6.07, 6.45) is 110. The minimum atomic E-state index is 0.941. The molecule has 0 saturated heterocycles. The van der Waals surface area contributed by atoms with E-state index in [1.807, 2.05) is 0 Å². The molecule has 1 unspecified atom stereocenters. The van der Waals surface area contributed by atoms with Crippen molar-refractivity contribution in [2.24, 2.45) is 5.92 Å². The van der Waals surface area contributed by atoms with Gasteiger partial charge in [-0.05, 0) is 25.2 Å². The van der Waals surface area contributed by atoms with Gasteiger partial charge < -0.3 is 0 Å². The molecule has 0 fully saturated rings. The molecule has 0 bridgehead atoms. The van der Waals surface area contributed by atoms with E-state index in [-0.39, 0.29) is 0 Å². The lowest BCUT2D eigenvalue weighted by Crippen LogP contribution is -2.00. The third kappa shape index (κ3) is 71.8. The molecular weight excluding hydrogens is 925 g/mol. The fraction of sp³-hybridized carbons (Fsp3) is 0.974. The van der Waals surface area contributed by atoms with Gasteiger partial charge in [0.1, 0.15) is 0 Å². The first kappa shape index (κ1) is 76.7. The summed E-state index contributed by atoms with van der Waals surface area (Å²) in [5, 5.41) is 0. The molecule has 0 amide bonds.